The first-order valence-electron chi connectivity index (χ1n) is 13.4. The van der Waals surface area contributed by atoms with Crippen molar-refractivity contribution in [3.63, 3.8) is 0 Å². The van der Waals surface area contributed by atoms with Crippen LogP contribution in [0.15, 0.2) is 108 Å². The summed E-state index contributed by atoms with van der Waals surface area (Å²) in [7, 11) is 0. The van der Waals surface area contributed by atoms with E-state index in [4.69, 9.17) is 0 Å². The van der Waals surface area contributed by atoms with Gasteiger partial charge >= 0.3 is 41.6 Å². The number of hydrogen-bond donors (Lipinski definition) is 0. The van der Waals surface area contributed by atoms with Gasteiger partial charge in [0.05, 0.1) is 0 Å². The number of rotatable bonds is 2. The molecule has 0 N–H and O–H groups in total. The molecule has 0 saturated heterocycles. The Bertz CT molecular complexity index is 1490. The van der Waals surface area contributed by atoms with E-state index < -0.39 is 0 Å². The fraction of sp³-hybridized carbons (Fsp3) is 0.222. The summed E-state index contributed by atoms with van der Waals surface area (Å²) in [6.07, 6.45) is 11.5. The number of halogens is 2. The van der Waals surface area contributed by atoms with E-state index >= 15 is 0 Å². The molecule has 4 heteroatoms. The monoisotopic (exact) mass is 746 g/mol. The molecule has 40 heavy (non-hydrogen) atoms. The molecule has 0 bridgehead atoms. The van der Waals surface area contributed by atoms with E-state index in [1.165, 1.54) is 78.0 Å². The van der Waals surface area contributed by atoms with Crippen molar-refractivity contribution in [1.82, 2.24) is 0 Å². The van der Waals surface area contributed by atoms with E-state index in [-0.39, 0.29) is 30.3 Å². The molecule has 0 heterocycles. The third kappa shape index (κ3) is 9.01. The maximum Gasteiger partial charge on any atom is -1.00 e. The Morgan fingerprint density at radius 2 is 0.900 bits per heavy atom. The van der Waals surface area contributed by atoms with Gasteiger partial charge in [0.1, 0.15) is 0 Å². The van der Waals surface area contributed by atoms with E-state index in [1.54, 1.807) is 0 Å². The van der Waals surface area contributed by atoms with Crippen LogP contribution >= 0.6 is 0 Å². The van der Waals surface area contributed by atoms with Crippen LogP contribution in [-0.2, 0) is 23.0 Å². The Hall–Kier alpha value is -1.97. The van der Waals surface area contributed by atoms with Crippen molar-refractivity contribution in [3.05, 3.63) is 132 Å². The maximum absolute atomic E-state index is 3.44. The molecular weight excluding hydrogens is 710 g/mol. The number of fused-ring (bicyclic) bond motifs is 2. The van der Waals surface area contributed by atoms with E-state index in [9.17, 15) is 0 Å². The number of hydrogen-bond acceptors (Lipinski definition) is 0. The zero-order chi connectivity index (χ0) is 27.2. The van der Waals surface area contributed by atoms with Crippen LogP contribution < -0.4 is 24.8 Å². The molecule has 0 saturated carbocycles. The number of allylic oxidation sites excluding steroid dienone is 8. The molecule has 2 atom stereocenters. The minimum absolute atomic E-state index is 0. The largest absolute Gasteiger partial charge is 1.00 e. The first-order valence-corrected chi connectivity index (χ1v) is 21.2. The van der Waals surface area contributed by atoms with Gasteiger partial charge in [0, 0.05) is 0 Å². The molecule has 0 spiro atoms. The molecule has 0 aliphatic heterocycles. The Balaban J connectivity index is 0.000000237. The average molecular weight is 746 g/mol. The normalized spacial score (nSPS) is 17.1. The van der Waals surface area contributed by atoms with Crippen LogP contribution in [0, 0.1) is 24.0 Å². The van der Waals surface area contributed by atoms with Crippen molar-refractivity contribution < 1.29 is 47.8 Å². The van der Waals surface area contributed by atoms with Gasteiger partial charge in [-0.25, -0.2) is 11.1 Å². The minimum atomic E-state index is 0. The first-order chi connectivity index (χ1) is 18.2. The Morgan fingerprint density at radius 1 is 0.575 bits per heavy atom. The third-order valence-corrected chi connectivity index (χ3v) is 6.65. The van der Waals surface area contributed by atoms with Crippen LogP contribution in [-0.4, -0.2) is 5.49 Å². The summed E-state index contributed by atoms with van der Waals surface area (Å²) in [5.74, 6) is 0.882. The third-order valence-electron chi connectivity index (χ3n) is 6.65. The van der Waals surface area contributed by atoms with Gasteiger partial charge in [0.2, 0.25) is 0 Å². The molecule has 2 aliphatic rings. The van der Waals surface area contributed by atoms with Gasteiger partial charge in [0.25, 0.3) is 0 Å². The van der Waals surface area contributed by atoms with Gasteiger partial charge in [-0.15, -0.1) is 0 Å². The summed E-state index contributed by atoms with van der Waals surface area (Å²) in [5, 5.41) is 5.21. The Kier molecular flexibility index (Phi) is 13.6. The first kappa shape index (κ1) is 34.2. The molecule has 0 aromatic heterocycles. The minimum Gasteiger partial charge on any atom is -1.00 e. The fourth-order valence-corrected chi connectivity index (χ4v) is 5.01. The zero-order valence-electron chi connectivity index (χ0n) is 24.1. The van der Waals surface area contributed by atoms with Crippen molar-refractivity contribution in [2.45, 2.75) is 40.8 Å². The van der Waals surface area contributed by atoms with E-state index in [0.717, 1.165) is 0 Å². The van der Waals surface area contributed by atoms with Crippen molar-refractivity contribution in [3.8, 4) is 0 Å². The summed E-state index contributed by atoms with van der Waals surface area (Å²) >= 11 is 1.45. The van der Waals surface area contributed by atoms with Gasteiger partial charge < -0.3 is 24.8 Å². The predicted octanol–water partition coefficient (Wildman–Crippen LogP) is 4.04. The molecule has 4 aromatic rings. The molecule has 6 rings (SSSR count). The maximum atomic E-state index is 3.44. The summed E-state index contributed by atoms with van der Waals surface area (Å²) < 4.78 is 0. The summed E-state index contributed by atoms with van der Waals surface area (Å²) in [5.41, 5.74) is 8.08. The summed E-state index contributed by atoms with van der Waals surface area (Å²) in [4.78, 5) is 0. The predicted molar refractivity (Wildman–Crippen MR) is 165 cm³/mol. The molecule has 2 unspecified atom stereocenters. The van der Waals surface area contributed by atoms with Gasteiger partial charge in [-0.2, -0.15) is 23.3 Å². The second kappa shape index (κ2) is 15.9. The summed E-state index contributed by atoms with van der Waals surface area (Å²) in [6, 6.07) is 30.3. The van der Waals surface area contributed by atoms with Crippen molar-refractivity contribution in [1.29, 1.82) is 0 Å². The van der Waals surface area contributed by atoms with Crippen molar-refractivity contribution >= 4 is 38.2 Å². The molecule has 0 fully saturated rings. The Labute approximate surface area is 268 Å². The van der Waals surface area contributed by atoms with Gasteiger partial charge in [-0.1, -0.05) is 136 Å². The van der Waals surface area contributed by atoms with E-state index in [0.29, 0.717) is 11.8 Å². The number of benzene rings is 4. The molecule has 4 aromatic carbocycles. The SMILES string of the molecule is CC1=[C-]C(C)C=C1c1ccc2ccccc2c1.CC1=[C-]C(C)C=C1c1ccc2ccccc2c1.C[Si](C)=[Hf+2].[Cl-].[Cl-]. The van der Waals surface area contributed by atoms with Gasteiger partial charge in [-0.3, -0.25) is 12.2 Å². The van der Waals surface area contributed by atoms with Crippen molar-refractivity contribution in [2.75, 3.05) is 0 Å². The average Bonchev–Trinajstić information content (AvgIpc) is 3.42. The second-order valence-electron chi connectivity index (χ2n) is 10.4. The van der Waals surface area contributed by atoms with Crippen LogP contribution in [0.5, 0.6) is 0 Å². The molecule has 2 aliphatic carbocycles. The van der Waals surface area contributed by atoms with Crippen LogP contribution in [0.4, 0.5) is 0 Å². The van der Waals surface area contributed by atoms with E-state index in [2.05, 4.69) is 150 Å². The zero-order valence-corrected chi connectivity index (χ0v) is 30.3. The topological polar surface area (TPSA) is 0 Å². The van der Waals surface area contributed by atoms with Crippen molar-refractivity contribution in [2.24, 2.45) is 11.8 Å². The smallest absolute Gasteiger partial charge is 1.00 e. The van der Waals surface area contributed by atoms with Crippen LogP contribution in [0.2, 0.25) is 13.1 Å². The van der Waals surface area contributed by atoms with E-state index in [1.807, 2.05) is 0 Å². The summed E-state index contributed by atoms with van der Waals surface area (Å²) in [6.45, 7) is 13.3. The molecule has 0 radical (unpaired) electrons. The molecule has 0 nitrogen and oxygen atoms in total. The fourth-order valence-electron chi connectivity index (χ4n) is 5.01. The van der Waals surface area contributed by atoms with Crippen LogP contribution in [0.1, 0.15) is 38.8 Å². The van der Waals surface area contributed by atoms with Gasteiger partial charge in [0.15, 0.2) is 0 Å². The van der Waals surface area contributed by atoms with Gasteiger partial charge in [-0.05, 0) is 21.5 Å². The van der Waals surface area contributed by atoms with Crippen LogP contribution in [0.25, 0.3) is 32.7 Å². The Morgan fingerprint density at radius 3 is 1.20 bits per heavy atom. The molecule has 0 amide bonds. The quantitative estimate of drug-likeness (QED) is 0.215. The second-order valence-corrected chi connectivity index (χ2v) is 23.2. The standard InChI is InChI=1S/2C17H15.C2H6Si.2ClH.Hf/c2*1-12-9-13(2)17(10-12)16-8-7-14-5-3-4-6-15(14)11-16;1-3-2;;;/h2*3-8,10-12H,1-2H3;1-2H3;2*1H;/q2*-1;;;;+2/p-2. The molecular formula is C36H36Cl2HfSi-2. The molecule has 204 valence electrons. The van der Waals surface area contributed by atoms with Crippen LogP contribution in [0.3, 0.4) is 0 Å².